The summed E-state index contributed by atoms with van der Waals surface area (Å²) in [6.45, 7) is 6.69. The van der Waals surface area contributed by atoms with E-state index in [1.54, 1.807) is 7.11 Å². The summed E-state index contributed by atoms with van der Waals surface area (Å²) in [6, 6.07) is 5.81. The predicted octanol–water partition coefficient (Wildman–Crippen LogP) is 2.77. The molecule has 0 spiro atoms. The van der Waals surface area contributed by atoms with Crippen LogP contribution in [0.25, 0.3) is 0 Å². The topological polar surface area (TPSA) is 44.5 Å². The minimum Gasteiger partial charge on any atom is -0.491 e. The fourth-order valence-corrected chi connectivity index (χ4v) is 1.31. The van der Waals surface area contributed by atoms with Crippen LogP contribution in [-0.4, -0.2) is 19.3 Å². The number of nitrogen functional groups attached to an aromatic ring is 1. The third-order valence-corrected chi connectivity index (χ3v) is 2.68. The fraction of sp³-hybridized carbons (Fsp3) is 0.538. The smallest absolute Gasteiger partial charge is 0.142 e. The zero-order valence-corrected chi connectivity index (χ0v) is 10.5. The Hall–Kier alpha value is -1.22. The van der Waals surface area contributed by atoms with E-state index in [4.69, 9.17) is 15.2 Å². The molecule has 3 nitrogen and oxygen atoms in total. The number of benzene rings is 1. The number of hydrogen-bond donors (Lipinski definition) is 1. The largest absolute Gasteiger partial charge is 0.491 e. The first-order chi connectivity index (χ1) is 7.44. The van der Waals surface area contributed by atoms with E-state index in [1.807, 2.05) is 39.0 Å². The van der Waals surface area contributed by atoms with Gasteiger partial charge < -0.3 is 15.2 Å². The Kier molecular flexibility index (Phi) is 4.19. The molecule has 0 fully saturated rings. The van der Waals surface area contributed by atoms with Gasteiger partial charge in [0.1, 0.15) is 5.75 Å². The highest BCUT2D eigenvalue weighted by atomic mass is 16.5. The van der Waals surface area contributed by atoms with Gasteiger partial charge in [-0.25, -0.2) is 0 Å². The van der Waals surface area contributed by atoms with Crippen LogP contribution in [0.5, 0.6) is 5.75 Å². The maximum absolute atomic E-state index is 5.85. The summed E-state index contributed by atoms with van der Waals surface area (Å²) < 4.78 is 10.9. The van der Waals surface area contributed by atoms with E-state index in [9.17, 15) is 0 Å². The van der Waals surface area contributed by atoms with Gasteiger partial charge in [0, 0.05) is 13.5 Å². The Morgan fingerprint density at radius 2 is 2.00 bits per heavy atom. The number of methoxy groups -OCH3 is 1. The molecule has 1 aromatic rings. The molecule has 2 N–H and O–H groups in total. The summed E-state index contributed by atoms with van der Waals surface area (Å²) >= 11 is 0. The molecule has 90 valence electrons. The summed E-state index contributed by atoms with van der Waals surface area (Å²) in [7, 11) is 1.71. The second-order valence-corrected chi connectivity index (χ2v) is 4.60. The molecule has 0 amide bonds. The lowest BCUT2D eigenvalue weighted by Gasteiger charge is -2.22. The molecule has 0 heterocycles. The molecule has 3 heteroatoms. The van der Waals surface area contributed by atoms with Crippen molar-refractivity contribution in [2.75, 3.05) is 19.5 Å². The van der Waals surface area contributed by atoms with Crippen LogP contribution < -0.4 is 10.5 Å². The van der Waals surface area contributed by atoms with Crippen molar-refractivity contribution in [1.29, 1.82) is 0 Å². The van der Waals surface area contributed by atoms with Gasteiger partial charge in [-0.05, 0) is 38.5 Å². The maximum atomic E-state index is 5.85. The normalized spacial score (nSPS) is 11.5. The summed E-state index contributed by atoms with van der Waals surface area (Å²) in [4.78, 5) is 0. The number of rotatable bonds is 5. The second-order valence-electron chi connectivity index (χ2n) is 4.60. The Morgan fingerprint density at radius 3 is 2.56 bits per heavy atom. The molecule has 0 saturated heterocycles. The van der Waals surface area contributed by atoms with E-state index in [1.165, 1.54) is 0 Å². The second kappa shape index (κ2) is 5.21. The van der Waals surface area contributed by atoms with Gasteiger partial charge >= 0.3 is 0 Å². The van der Waals surface area contributed by atoms with Crippen LogP contribution in [0.3, 0.4) is 0 Å². The lowest BCUT2D eigenvalue weighted by Crippen LogP contribution is -2.25. The van der Waals surface area contributed by atoms with E-state index in [-0.39, 0.29) is 5.60 Å². The van der Waals surface area contributed by atoms with Gasteiger partial charge in [-0.1, -0.05) is 6.07 Å². The molecule has 0 unspecified atom stereocenters. The first kappa shape index (κ1) is 12.8. The third-order valence-electron chi connectivity index (χ3n) is 2.68. The lowest BCUT2D eigenvalue weighted by atomic mass is 10.1. The van der Waals surface area contributed by atoms with E-state index < -0.39 is 0 Å². The molecule has 0 aliphatic heterocycles. The fourth-order valence-electron chi connectivity index (χ4n) is 1.31. The first-order valence-electron chi connectivity index (χ1n) is 5.49. The van der Waals surface area contributed by atoms with Crippen LogP contribution in [0.2, 0.25) is 0 Å². The number of ether oxygens (including phenoxy) is 2. The molecule has 0 saturated carbocycles. The van der Waals surface area contributed by atoms with Crippen molar-refractivity contribution in [2.24, 2.45) is 0 Å². The average molecular weight is 223 g/mol. The van der Waals surface area contributed by atoms with Crippen LogP contribution in [0, 0.1) is 6.92 Å². The molecule has 0 bridgehead atoms. The summed E-state index contributed by atoms with van der Waals surface area (Å²) in [5.74, 6) is 0.748. The molecule has 0 atom stereocenters. The van der Waals surface area contributed by atoms with E-state index >= 15 is 0 Å². The van der Waals surface area contributed by atoms with E-state index in [0.717, 1.165) is 17.7 Å². The molecule has 1 rings (SSSR count). The molecular weight excluding hydrogens is 202 g/mol. The Morgan fingerprint density at radius 1 is 1.31 bits per heavy atom. The number of aryl methyl sites for hydroxylation is 1. The molecule has 1 aromatic carbocycles. The highest BCUT2D eigenvalue weighted by molar-refractivity contribution is 5.53. The first-order valence-corrected chi connectivity index (χ1v) is 5.49. The molecule has 0 aliphatic rings. The predicted molar refractivity (Wildman–Crippen MR) is 66.8 cm³/mol. The van der Waals surface area contributed by atoms with Crippen LogP contribution in [-0.2, 0) is 4.74 Å². The zero-order chi connectivity index (χ0) is 12.2. The molecular formula is C13H21NO2. The molecule has 16 heavy (non-hydrogen) atoms. The van der Waals surface area contributed by atoms with Gasteiger partial charge in [0.15, 0.2) is 0 Å². The average Bonchev–Trinajstić information content (AvgIpc) is 2.21. The Labute approximate surface area is 97.6 Å². The minimum atomic E-state index is -0.153. The summed E-state index contributed by atoms with van der Waals surface area (Å²) in [5, 5.41) is 0. The van der Waals surface area contributed by atoms with Gasteiger partial charge in [-0.3, -0.25) is 0 Å². The molecule has 0 aliphatic carbocycles. The van der Waals surface area contributed by atoms with Crippen LogP contribution in [0.1, 0.15) is 25.8 Å². The van der Waals surface area contributed by atoms with Crippen LogP contribution in [0.15, 0.2) is 18.2 Å². The van der Waals surface area contributed by atoms with Crippen molar-refractivity contribution in [3.05, 3.63) is 23.8 Å². The summed E-state index contributed by atoms with van der Waals surface area (Å²) in [5.41, 5.74) is 7.52. The molecule has 0 radical (unpaired) electrons. The number of anilines is 1. The lowest BCUT2D eigenvalue weighted by molar-refractivity contribution is 0.00551. The van der Waals surface area contributed by atoms with Gasteiger partial charge in [0.2, 0.25) is 0 Å². The molecule has 0 aromatic heterocycles. The zero-order valence-electron chi connectivity index (χ0n) is 10.5. The van der Waals surface area contributed by atoms with Crippen molar-refractivity contribution in [3.8, 4) is 5.75 Å². The van der Waals surface area contributed by atoms with Gasteiger partial charge in [-0.2, -0.15) is 0 Å². The number of nitrogens with two attached hydrogens (primary N) is 1. The van der Waals surface area contributed by atoms with Crippen molar-refractivity contribution in [3.63, 3.8) is 0 Å². The van der Waals surface area contributed by atoms with Crippen LogP contribution in [0.4, 0.5) is 5.69 Å². The van der Waals surface area contributed by atoms with Gasteiger partial charge in [0.25, 0.3) is 0 Å². The number of hydrogen-bond acceptors (Lipinski definition) is 3. The SMILES string of the molecule is COC(C)(C)CCOc1ccc(C)cc1N. The highest BCUT2D eigenvalue weighted by Gasteiger charge is 2.16. The highest BCUT2D eigenvalue weighted by Crippen LogP contribution is 2.23. The quantitative estimate of drug-likeness (QED) is 0.781. The van der Waals surface area contributed by atoms with E-state index in [2.05, 4.69) is 0 Å². The Bertz CT molecular complexity index is 348. The van der Waals surface area contributed by atoms with Crippen molar-refractivity contribution in [2.45, 2.75) is 32.8 Å². The van der Waals surface area contributed by atoms with Crippen molar-refractivity contribution in [1.82, 2.24) is 0 Å². The van der Waals surface area contributed by atoms with Crippen LogP contribution >= 0.6 is 0 Å². The third kappa shape index (κ3) is 3.74. The van der Waals surface area contributed by atoms with Gasteiger partial charge in [0.05, 0.1) is 17.9 Å². The maximum Gasteiger partial charge on any atom is 0.142 e. The summed E-state index contributed by atoms with van der Waals surface area (Å²) in [6.07, 6.45) is 0.830. The van der Waals surface area contributed by atoms with Gasteiger partial charge in [-0.15, -0.1) is 0 Å². The Balaban J connectivity index is 2.49. The van der Waals surface area contributed by atoms with Crippen molar-refractivity contribution >= 4 is 5.69 Å². The van der Waals surface area contributed by atoms with E-state index in [0.29, 0.717) is 12.3 Å². The standard InChI is InChI=1S/C13H21NO2/c1-10-5-6-12(11(14)9-10)16-8-7-13(2,3)15-4/h5-6,9H,7-8,14H2,1-4H3. The van der Waals surface area contributed by atoms with Crippen molar-refractivity contribution < 1.29 is 9.47 Å². The monoisotopic (exact) mass is 223 g/mol. The minimum absolute atomic E-state index is 0.153.